The number of aromatic nitrogens is 3. The van der Waals surface area contributed by atoms with Crippen molar-refractivity contribution in [2.45, 2.75) is 0 Å². The van der Waals surface area contributed by atoms with E-state index in [9.17, 15) is 4.79 Å². The average molecular weight is 202 g/mol. The van der Waals surface area contributed by atoms with Gasteiger partial charge in [-0.3, -0.25) is 14.5 Å². The third kappa shape index (κ3) is 1.71. The summed E-state index contributed by atoms with van der Waals surface area (Å²) < 4.78 is 1.51. The fourth-order valence-corrected chi connectivity index (χ4v) is 1.27. The second kappa shape index (κ2) is 3.53. The Bertz CT molecular complexity index is 486. The van der Waals surface area contributed by atoms with E-state index < -0.39 is 0 Å². The van der Waals surface area contributed by atoms with Gasteiger partial charge in [0, 0.05) is 13.2 Å². The Morgan fingerprint density at radius 3 is 2.73 bits per heavy atom. The number of rotatable bonds is 2. The Morgan fingerprint density at radius 2 is 2.20 bits per heavy atom. The number of aryl methyl sites for hydroxylation is 1. The molecule has 2 aromatic rings. The Balaban J connectivity index is 2.37. The van der Waals surface area contributed by atoms with Crippen LogP contribution in [0.4, 0.5) is 5.69 Å². The first-order valence-electron chi connectivity index (χ1n) is 4.42. The largest absolute Gasteiger partial charge is 0.397 e. The lowest BCUT2D eigenvalue weighted by Gasteiger charge is -2.00. The van der Waals surface area contributed by atoms with Crippen LogP contribution in [-0.2, 0) is 7.05 Å². The highest BCUT2D eigenvalue weighted by atomic mass is 16.1. The zero-order valence-corrected chi connectivity index (χ0v) is 8.21. The minimum absolute atomic E-state index is 0.157. The number of hydrogen-bond acceptors (Lipinski definition) is 4. The van der Waals surface area contributed by atoms with Gasteiger partial charge in [-0.1, -0.05) is 0 Å². The van der Waals surface area contributed by atoms with E-state index in [0.717, 1.165) is 0 Å². The van der Waals surface area contributed by atoms with E-state index in [1.54, 1.807) is 31.4 Å². The van der Waals surface area contributed by atoms with Crippen LogP contribution in [0.1, 0.15) is 16.2 Å². The monoisotopic (exact) mass is 202 g/mol. The van der Waals surface area contributed by atoms with Gasteiger partial charge in [-0.25, -0.2) is 0 Å². The lowest BCUT2D eigenvalue weighted by atomic mass is 10.2. The van der Waals surface area contributed by atoms with Crippen LogP contribution in [-0.4, -0.2) is 20.5 Å². The second-order valence-corrected chi connectivity index (χ2v) is 3.15. The maximum Gasteiger partial charge on any atom is 0.229 e. The first kappa shape index (κ1) is 9.39. The van der Waals surface area contributed by atoms with Crippen molar-refractivity contribution in [1.82, 2.24) is 14.8 Å². The fourth-order valence-electron chi connectivity index (χ4n) is 1.27. The van der Waals surface area contributed by atoms with Gasteiger partial charge in [-0.15, -0.1) is 0 Å². The highest BCUT2D eigenvalue weighted by molar-refractivity contribution is 6.06. The average Bonchev–Trinajstić information content (AvgIpc) is 2.65. The minimum atomic E-state index is -0.157. The molecule has 0 unspecified atom stereocenters. The fraction of sp³-hybridized carbons (Fsp3) is 0.100. The molecule has 0 spiro atoms. The van der Waals surface area contributed by atoms with Gasteiger partial charge in [-0.05, 0) is 18.2 Å². The molecule has 0 amide bonds. The quantitative estimate of drug-likeness (QED) is 0.725. The van der Waals surface area contributed by atoms with Crippen molar-refractivity contribution in [2.75, 3.05) is 5.73 Å². The van der Waals surface area contributed by atoms with E-state index >= 15 is 0 Å². The van der Waals surface area contributed by atoms with E-state index in [0.29, 0.717) is 17.1 Å². The molecule has 0 fully saturated rings. The molecule has 0 aliphatic carbocycles. The molecule has 2 N–H and O–H groups in total. The predicted molar refractivity (Wildman–Crippen MR) is 55.3 cm³/mol. The Labute approximate surface area is 86.5 Å². The molecule has 15 heavy (non-hydrogen) atoms. The van der Waals surface area contributed by atoms with Gasteiger partial charge < -0.3 is 5.73 Å². The summed E-state index contributed by atoms with van der Waals surface area (Å²) in [6, 6.07) is 4.90. The second-order valence-electron chi connectivity index (χ2n) is 3.15. The van der Waals surface area contributed by atoms with Crippen molar-refractivity contribution in [3.63, 3.8) is 0 Å². The van der Waals surface area contributed by atoms with E-state index in [-0.39, 0.29) is 5.78 Å². The van der Waals surface area contributed by atoms with Crippen LogP contribution in [0, 0.1) is 0 Å². The van der Waals surface area contributed by atoms with Gasteiger partial charge in [0.25, 0.3) is 0 Å². The summed E-state index contributed by atoms with van der Waals surface area (Å²) in [5, 5.41) is 3.92. The van der Waals surface area contributed by atoms with E-state index in [1.807, 2.05) is 0 Å². The molecule has 0 saturated carbocycles. The number of pyridine rings is 1. The minimum Gasteiger partial charge on any atom is -0.397 e. The smallest absolute Gasteiger partial charge is 0.229 e. The molecule has 0 atom stereocenters. The first-order valence-corrected chi connectivity index (χ1v) is 4.42. The molecule has 0 radical (unpaired) electrons. The number of nitrogen functional groups attached to an aromatic ring is 1. The summed E-state index contributed by atoms with van der Waals surface area (Å²) >= 11 is 0. The molecule has 2 rings (SSSR count). The lowest BCUT2D eigenvalue weighted by Crippen LogP contribution is -2.09. The van der Waals surface area contributed by atoms with Gasteiger partial charge in [0.1, 0.15) is 11.4 Å². The number of carbonyl (C=O) groups is 1. The van der Waals surface area contributed by atoms with Crippen LogP contribution < -0.4 is 5.73 Å². The van der Waals surface area contributed by atoms with Gasteiger partial charge in [-0.2, -0.15) is 5.10 Å². The van der Waals surface area contributed by atoms with Crippen LogP contribution in [0.3, 0.4) is 0 Å². The summed E-state index contributed by atoms with van der Waals surface area (Å²) in [6.45, 7) is 0. The zero-order chi connectivity index (χ0) is 10.8. The van der Waals surface area contributed by atoms with Crippen molar-refractivity contribution in [3.05, 3.63) is 42.0 Å². The number of nitrogens with zero attached hydrogens (tertiary/aromatic N) is 3. The molecule has 0 aromatic carbocycles. The zero-order valence-electron chi connectivity index (χ0n) is 8.21. The van der Waals surface area contributed by atoms with Crippen molar-refractivity contribution >= 4 is 11.5 Å². The number of nitrogens with two attached hydrogens (primary N) is 1. The van der Waals surface area contributed by atoms with Gasteiger partial charge in [0.05, 0.1) is 11.9 Å². The molecule has 0 aliphatic rings. The van der Waals surface area contributed by atoms with Gasteiger partial charge in [0.2, 0.25) is 5.78 Å². The molecule has 2 aromatic heterocycles. The normalized spacial score (nSPS) is 10.2. The van der Waals surface area contributed by atoms with Crippen molar-refractivity contribution in [3.8, 4) is 0 Å². The van der Waals surface area contributed by atoms with Crippen LogP contribution in [0.2, 0.25) is 0 Å². The first-order chi connectivity index (χ1) is 7.18. The third-order valence-corrected chi connectivity index (χ3v) is 2.07. The topological polar surface area (TPSA) is 73.8 Å². The van der Waals surface area contributed by atoms with Gasteiger partial charge >= 0.3 is 0 Å². The SMILES string of the molecule is Cn1nccc1C(=O)c1ccc(N)cn1. The van der Waals surface area contributed by atoms with Crippen LogP contribution in [0.25, 0.3) is 0 Å². The molecular weight excluding hydrogens is 192 g/mol. The molecular formula is C10H10N4O. The van der Waals surface area contributed by atoms with E-state index in [1.165, 1.54) is 10.9 Å². The van der Waals surface area contributed by atoms with Crippen LogP contribution in [0.15, 0.2) is 30.6 Å². The number of carbonyl (C=O) groups excluding carboxylic acids is 1. The van der Waals surface area contributed by atoms with Crippen molar-refractivity contribution < 1.29 is 4.79 Å². The highest BCUT2D eigenvalue weighted by Gasteiger charge is 2.13. The van der Waals surface area contributed by atoms with Gasteiger partial charge in [0.15, 0.2) is 0 Å². The standard InChI is InChI=1S/C10H10N4O/c1-14-9(4-5-13-14)10(15)8-3-2-7(11)6-12-8/h2-6H,11H2,1H3. The Hall–Kier alpha value is -2.17. The maximum atomic E-state index is 11.9. The molecule has 0 bridgehead atoms. The van der Waals surface area contributed by atoms with Crippen LogP contribution >= 0.6 is 0 Å². The molecule has 0 aliphatic heterocycles. The third-order valence-electron chi connectivity index (χ3n) is 2.07. The number of anilines is 1. The predicted octanol–water partition coefficient (Wildman–Crippen LogP) is 0.628. The highest BCUT2D eigenvalue weighted by Crippen LogP contribution is 2.07. The Morgan fingerprint density at radius 1 is 1.40 bits per heavy atom. The van der Waals surface area contributed by atoms with E-state index in [4.69, 9.17) is 5.73 Å². The molecule has 76 valence electrons. The Kier molecular flexibility index (Phi) is 2.21. The molecule has 2 heterocycles. The lowest BCUT2D eigenvalue weighted by molar-refractivity contribution is 0.102. The van der Waals surface area contributed by atoms with Crippen molar-refractivity contribution in [1.29, 1.82) is 0 Å². The summed E-state index contributed by atoms with van der Waals surface area (Å²) in [5.74, 6) is -0.157. The van der Waals surface area contributed by atoms with Crippen LogP contribution in [0.5, 0.6) is 0 Å². The van der Waals surface area contributed by atoms with Crippen molar-refractivity contribution in [2.24, 2.45) is 7.05 Å². The molecule has 5 nitrogen and oxygen atoms in total. The summed E-state index contributed by atoms with van der Waals surface area (Å²) in [7, 11) is 1.71. The summed E-state index contributed by atoms with van der Waals surface area (Å²) in [5.41, 5.74) is 6.90. The molecule has 5 heteroatoms. The molecule has 0 saturated heterocycles. The van der Waals surface area contributed by atoms with E-state index in [2.05, 4.69) is 10.1 Å². The number of ketones is 1. The maximum absolute atomic E-state index is 11.9. The summed E-state index contributed by atoms with van der Waals surface area (Å²) in [6.07, 6.45) is 3.04. The summed E-state index contributed by atoms with van der Waals surface area (Å²) in [4.78, 5) is 15.8. The number of hydrogen-bond donors (Lipinski definition) is 1.